The molecule has 54 valence electrons. The van der Waals surface area contributed by atoms with Crippen molar-refractivity contribution in [2.24, 2.45) is 0 Å². The molecule has 0 aromatic rings. The molecule has 1 aliphatic carbocycles. The summed E-state index contributed by atoms with van der Waals surface area (Å²) in [6, 6.07) is 0.346. The lowest BCUT2D eigenvalue weighted by Crippen LogP contribution is -2.27. The summed E-state index contributed by atoms with van der Waals surface area (Å²) in [7, 11) is 0. The Morgan fingerprint density at radius 3 is 2.22 bits per heavy atom. The summed E-state index contributed by atoms with van der Waals surface area (Å²) < 4.78 is 12.4. The first kappa shape index (κ1) is 7.29. The van der Waals surface area contributed by atoms with Gasteiger partial charge in [0.2, 0.25) is 0 Å². The maximum atomic E-state index is 12.4. The summed E-state index contributed by atoms with van der Waals surface area (Å²) in [5.41, 5.74) is 0. The van der Waals surface area contributed by atoms with Crippen LogP contribution < -0.4 is 4.84 Å². The van der Waals surface area contributed by atoms with Crippen LogP contribution >= 0.6 is 11.8 Å². The highest BCUT2D eigenvalue weighted by molar-refractivity contribution is 6.13. The number of rotatable bonds is 1. The fourth-order valence-corrected chi connectivity index (χ4v) is 1.38. The predicted octanol–water partition coefficient (Wildman–Crippen LogP) is 2.01. The van der Waals surface area contributed by atoms with E-state index in [1.807, 2.05) is 0 Å². The van der Waals surface area contributed by atoms with Crippen molar-refractivity contribution in [3.63, 3.8) is 0 Å². The van der Waals surface area contributed by atoms with Crippen LogP contribution in [0.1, 0.15) is 25.7 Å². The van der Waals surface area contributed by atoms with E-state index in [2.05, 4.69) is 4.84 Å². The van der Waals surface area contributed by atoms with Crippen LogP contribution in [0.2, 0.25) is 0 Å². The van der Waals surface area contributed by atoms with E-state index >= 15 is 0 Å². The second-order valence-electron chi connectivity index (χ2n) is 2.56. The van der Waals surface area contributed by atoms with Gasteiger partial charge in [0, 0.05) is 6.04 Å². The number of halogens is 2. The molecule has 0 amide bonds. The third-order valence-electron chi connectivity index (χ3n) is 1.81. The predicted molar refractivity (Wildman–Crippen MR) is 36.1 cm³/mol. The molecule has 0 aromatic carbocycles. The van der Waals surface area contributed by atoms with Crippen molar-refractivity contribution < 1.29 is 4.39 Å². The average molecular weight is 152 g/mol. The normalized spacial score (nSPS) is 36.7. The maximum Gasteiger partial charge on any atom is 0.100 e. The first-order valence-corrected chi connectivity index (χ1v) is 3.71. The van der Waals surface area contributed by atoms with E-state index in [9.17, 15) is 4.39 Å². The van der Waals surface area contributed by atoms with Crippen LogP contribution in [0.25, 0.3) is 0 Å². The number of hydrogen-bond acceptors (Lipinski definition) is 1. The van der Waals surface area contributed by atoms with Crippen molar-refractivity contribution in [1.29, 1.82) is 0 Å². The van der Waals surface area contributed by atoms with Gasteiger partial charge in [-0.3, -0.25) is 0 Å². The first-order valence-electron chi connectivity index (χ1n) is 3.33. The Morgan fingerprint density at radius 2 is 1.78 bits per heavy atom. The van der Waals surface area contributed by atoms with Crippen molar-refractivity contribution in [3.05, 3.63) is 0 Å². The van der Waals surface area contributed by atoms with Gasteiger partial charge < -0.3 is 0 Å². The van der Waals surface area contributed by atoms with Crippen molar-refractivity contribution >= 4 is 11.8 Å². The molecule has 0 atom stereocenters. The molecule has 0 bridgehead atoms. The minimum atomic E-state index is -0.578. The van der Waals surface area contributed by atoms with Gasteiger partial charge in [-0.2, -0.15) is 0 Å². The number of hydrogen-bond donors (Lipinski definition) is 1. The zero-order valence-corrected chi connectivity index (χ0v) is 5.99. The Kier molecular flexibility index (Phi) is 2.73. The second-order valence-corrected chi connectivity index (χ2v) is 2.78. The molecule has 0 aromatic heterocycles. The molecule has 0 spiro atoms. The van der Waals surface area contributed by atoms with Crippen LogP contribution in [0, 0.1) is 0 Å². The van der Waals surface area contributed by atoms with Crippen molar-refractivity contribution in [2.45, 2.75) is 37.9 Å². The molecule has 1 aliphatic rings. The van der Waals surface area contributed by atoms with E-state index in [1.165, 1.54) is 0 Å². The van der Waals surface area contributed by atoms with E-state index in [1.54, 1.807) is 0 Å². The van der Waals surface area contributed by atoms with Gasteiger partial charge in [0.15, 0.2) is 0 Å². The molecular formula is C6H11ClFN. The first-order chi connectivity index (χ1) is 4.33. The van der Waals surface area contributed by atoms with Gasteiger partial charge in [-0.1, -0.05) is 0 Å². The summed E-state index contributed by atoms with van der Waals surface area (Å²) in [5, 5.41) is 0. The molecule has 1 fully saturated rings. The van der Waals surface area contributed by atoms with E-state index in [4.69, 9.17) is 11.8 Å². The van der Waals surface area contributed by atoms with Gasteiger partial charge in [-0.15, -0.1) is 0 Å². The van der Waals surface area contributed by atoms with Crippen molar-refractivity contribution in [3.8, 4) is 0 Å². The van der Waals surface area contributed by atoms with E-state index < -0.39 is 6.17 Å². The summed E-state index contributed by atoms with van der Waals surface area (Å²) >= 11 is 5.36. The SMILES string of the molecule is FC1CCC(NCl)CC1. The van der Waals surface area contributed by atoms with Crippen LogP contribution in [-0.4, -0.2) is 12.2 Å². The molecule has 0 heterocycles. The Morgan fingerprint density at radius 1 is 1.22 bits per heavy atom. The van der Waals surface area contributed by atoms with Gasteiger partial charge in [-0.25, -0.2) is 9.23 Å². The molecule has 1 nitrogen and oxygen atoms in total. The highest BCUT2D eigenvalue weighted by atomic mass is 35.5. The van der Waals surface area contributed by atoms with E-state index in [0.29, 0.717) is 18.9 Å². The molecule has 0 unspecified atom stereocenters. The molecule has 1 rings (SSSR count). The number of nitrogens with one attached hydrogen (secondary N) is 1. The Balaban J connectivity index is 2.18. The minimum Gasteiger partial charge on any atom is -0.247 e. The monoisotopic (exact) mass is 151 g/mol. The zero-order chi connectivity index (χ0) is 6.69. The smallest absolute Gasteiger partial charge is 0.100 e. The summed E-state index contributed by atoms with van der Waals surface area (Å²) in [6.45, 7) is 0. The van der Waals surface area contributed by atoms with E-state index in [-0.39, 0.29) is 0 Å². The minimum absolute atomic E-state index is 0.346. The molecule has 0 radical (unpaired) electrons. The maximum absolute atomic E-state index is 12.4. The lowest BCUT2D eigenvalue weighted by Gasteiger charge is -2.21. The zero-order valence-electron chi connectivity index (χ0n) is 5.24. The standard InChI is InChI=1S/C6H11ClFN/c7-9-6-3-1-5(8)2-4-6/h5-6,9H,1-4H2. The van der Waals surface area contributed by atoms with Crippen LogP contribution in [0.4, 0.5) is 4.39 Å². The quantitative estimate of drug-likeness (QED) is 0.566. The lowest BCUT2D eigenvalue weighted by atomic mass is 9.95. The largest absolute Gasteiger partial charge is 0.247 e. The van der Waals surface area contributed by atoms with Gasteiger partial charge >= 0.3 is 0 Å². The highest BCUT2D eigenvalue weighted by Gasteiger charge is 2.18. The van der Waals surface area contributed by atoms with Crippen molar-refractivity contribution in [1.82, 2.24) is 4.84 Å². The van der Waals surface area contributed by atoms with Crippen LogP contribution in [0.5, 0.6) is 0 Å². The third-order valence-corrected chi connectivity index (χ3v) is 2.12. The second kappa shape index (κ2) is 3.37. The van der Waals surface area contributed by atoms with Gasteiger partial charge in [-0.05, 0) is 37.5 Å². The average Bonchev–Trinajstić information content (AvgIpc) is 1.90. The van der Waals surface area contributed by atoms with Crippen LogP contribution in [0.15, 0.2) is 0 Å². The molecule has 3 heteroatoms. The Hall–Kier alpha value is 0.180. The topological polar surface area (TPSA) is 12.0 Å². The molecular weight excluding hydrogens is 141 g/mol. The number of alkyl halides is 1. The third kappa shape index (κ3) is 2.11. The summed E-state index contributed by atoms with van der Waals surface area (Å²) in [4.78, 5) is 2.63. The van der Waals surface area contributed by atoms with E-state index in [0.717, 1.165) is 12.8 Å². The lowest BCUT2D eigenvalue weighted by molar-refractivity contribution is 0.231. The molecule has 1 saturated carbocycles. The Labute approximate surface area is 59.7 Å². The highest BCUT2D eigenvalue weighted by Crippen LogP contribution is 2.20. The van der Waals surface area contributed by atoms with Gasteiger partial charge in [0.25, 0.3) is 0 Å². The molecule has 0 saturated heterocycles. The van der Waals surface area contributed by atoms with Gasteiger partial charge in [0.1, 0.15) is 6.17 Å². The molecule has 1 N–H and O–H groups in total. The van der Waals surface area contributed by atoms with Crippen LogP contribution in [0.3, 0.4) is 0 Å². The molecule has 0 aliphatic heterocycles. The summed E-state index contributed by atoms with van der Waals surface area (Å²) in [5.74, 6) is 0. The fourth-order valence-electron chi connectivity index (χ4n) is 1.16. The van der Waals surface area contributed by atoms with Crippen molar-refractivity contribution in [2.75, 3.05) is 0 Å². The molecule has 9 heavy (non-hydrogen) atoms. The fraction of sp³-hybridized carbons (Fsp3) is 1.00. The Bertz CT molecular complexity index is 81.1. The van der Waals surface area contributed by atoms with Crippen LogP contribution in [-0.2, 0) is 0 Å². The van der Waals surface area contributed by atoms with Gasteiger partial charge in [0.05, 0.1) is 0 Å². The summed E-state index contributed by atoms with van der Waals surface area (Å²) in [6.07, 6.45) is 2.52.